The van der Waals surface area contributed by atoms with Gasteiger partial charge in [0.25, 0.3) is 5.91 Å². The molecule has 0 spiro atoms. The Morgan fingerprint density at radius 3 is 2.58 bits per heavy atom. The molecule has 0 fully saturated rings. The number of hydrazone groups is 1. The zero-order chi connectivity index (χ0) is 13.7. The second-order valence-electron chi connectivity index (χ2n) is 4.04. The number of hydrogen-bond acceptors (Lipinski definition) is 2. The number of aryl methyl sites for hydroxylation is 1. The molecule has 4 heteroatoms. The van der Waals surface area contributed by atoms with Gasteiger partial charge >= 0.3 is 0 Å². The van der Waals surface area contributed by atoms with E-state index in [1.54, 1.807) is 12.3 Å². The van der Waals surface area contributed by atoms with E-state index in [0.29, 0.717) is 5.56 Å². The quantitative estimate of drug-likeness (QED) is 0.507. The summed E-state index contributed by atoms with van der Waals surface area (Å²) in [5, 5.41) is 3.99. The highest BCUT2D eigenvalue weighted by atomic mass is 127. The fourth-order valence-electron chi connectivity index (χ4n) is 1.63. The number of benzene rings is 2. The molecule has 0 bridgehead atoms. The van der Waals surface area contributed by atoms with Crippen LogP contribution in [0, 0.1) is 10.5 Å². The van der Waals surface area contributed by atoms with Crippen LogP contribution < -0.4 is 5.43 Å². The number of carbonyl (C=O) groups excluding carboxylic acids is 1. The van der Waals surface area contributed by atoms with Gasteiger partial charge in [-0.15, -0.1) is 0 Å². The lowest BCUT2D eigenvalue weighted by atomic mass is 10.1. The predicted molar refractivity (Wildman–Crippen MR) is 85.4 cm³/mol. The lowest BCUT2D eigenvalue weighted by Gasteiger charge is -2.03. The molecule has 0 radical (unpaired) electrons. The molecule has 96 valence electrons. The maximum Gasteiger partial charge on any atom is 0.271 e. The number of nitrogens with zero attached hydrogens (tertiary/aromatic N) is 1. The highest BCUT2D eigenvalue weighted by Gasteiger charge is 2.06. The third-order valence-corrected chi connectivity index (χ3v) is 3.65. The third kappa shape index (κ3) is 3.64. The van der Waals surface area contributed by atoms with Crippen molar-refractivity contribution in [3.63, 3.8) is 0 Å². The lowest BCUT2D eigenvalue weighted by molar-refractivity contribution is 0.0954. The van der Waals surface area contributed by atoms with E-state index in [-0.39, 0.29) is 5.91 Å². The molecule has 0 saturated carbocycles. The van der Waals surface area contributed by atoms with E-state index >= 15 is 0 Å². The molecule has 0 heterocycles. The molecule has 0 aliphatic rings. The smallest absolute Gasteiger partial charge is 0.267 e. The summed E-state index contributed by atoms with van der Waals surface area (Å²) in [6.45, 7) is 1.90. The van der Waals surface area contributed by atoms with Crippen molar-refractivity contribution in [1.29, 1.82) is 0 Å². The van der Waals surface area contributed by atoms with Crippen molar-refractivity contribution in [1.82, 2.24) is 5.43 Å². The zero-order valence-corrected chi connectivity index (χ0v) is 12.6. The van der Waals surface area contributed by atoms with E-state index in [9.17, 15) is 4.79 Å². The average molecular weight is 364 g/mol. The minimum Gasteiger partial charge on any atom is -0.267 e. The standard InChI is InChI=1S/C15H13IN2O/c1-11-6-2-4-8-13(11)15(19)18-17-10-12-7-3-5-9-14(12)16/h2-10H,1H3,(H,18,19)/b17-10+. The van der Waals surface area contributed by atoms with Crippen LogP contribution in [0.15, 0.2) is 53.6 Å². The Kier molecular flexibility index (Phi) is 4.68. The zero-order valence-electron chi connectivity index (χ0n) is 10.4. The van der Waals surface area contributed by atoms with E-state index in [2.05, 4.69) is 33.1 Å². The fraction of sp³-hybridized carbons (Fsp3) is 0.0667. The number of hydrogen-bond donors (Lipinski definition) is 1. The van der Waals surface area contributed by atoms with Crippen molar-refractivity contribution in [2.45, 2.75) is 6.92 Å². The SMILES string of the molecule is Cc1ccccc1C(=O)N/N=C/c1ccccc1I. The summed E-state index contributed by atoms with van der Waals surface area (Å²) in [4.78, 5) is 11.9. The van der Waals surface area contributed by atoms with Crippen molar-refractivity contribution in [3.05, 3.63) is 68.8 Å². The van der Waals surface area contributed by atoms with E-state index < -0.39 is 0 Å². The van der Waals surface area contributed by atoms with Crippen LogP contribution in [-0.4, -0.2) is 12.1 Å². The van der Waals surface area contributed by atoms with Crippen LogP contribution in [0.25, 0.3) is 0 Å². The molecule has 0 aromatic heterocycles. The van der Waals surface area contributed by atoms with Gasteiger partial charge in [-0.3, -0.25) is 4.79 Å². The van der Waals surface area contributed by atoms with E-state index in [1.807, 2.05) is 49.4 Å². The summed E-state index contributed by atoms with van der Waals surface area (Å²) in [6, 6.07) is 15.3. The van der Waals surface area contributed by atoms with Gasteiger partial charge in [0.15, 0.2) is 0 Å². The molecule has 19 heavy (non-hydrogen) atoms. The second kappa shape index (κ2) is 6.47. The highest BCUT2D eigenvalue weighted by molar-refractivity contribution is 14.1. The minimum absolute atomic E-state index is 0.194. The van der Waals surface area contributed by atoms with Crippen molar-refractivity contribution in [2.24, 2.45) is 5.10 Å². The van der Waals surface area contributed by atoms with Gasteiger partial charge in [0, 0.05) is 14.7 Å². The van der Waals surface area contributed by atoms with Crippen molar-refractivity contribution < 1.29 is 4.79 Å². The van der Waals surface area contributed by atoms with Gasteiger partial charge in [0.2, 0.25) is 0 Å². The molecular formula is C15H13IN2O. The Morgan fingerprint density at radius 1 is 1.16 bits per heavy atom. The second-order valence-corrected chi connectivity index (χ2v) is 5.20. The van der Waals surface area contributed by atoms with Gasteiger partial charge in [-0.1, -0.05) is 36.4 Å². The highest BCUT2D eigenvalue weighted by Crippen LogP contribution is 2.09. The molecule has 1 N–H and O–H groups in total. The van der Waals surface area contributed by atoms with Crippen LogP contribution in [0.3, 0.4) is 0 Å². The maximum absolute atomic E-state index is 11.9. The number of nitrogens with one attached hydrogen (secondary N) is 1. The predicted octanol–water partition coefficient (Wildman–Crippen LogP) is 3.36. The summed E-state index contributed by atoms with van der Waals surface area (Å²) >= 11 is 2.23. The van der Waals surface area contributed by atoms with Gasteiger partial charge in [-0.2, -0.15) is 5.10 Å². The molecule has 2 rings (SSSR count). The molecule has 2 aromatic carbocycles. The first kappa shape index (κ1) is 13.7. The van der Waals surface area contributed by atoms with Crippen LogP contribution in [-0.2, 0) is 0 Å². The normalized spacial score (nSPS) is 10.6. The maximum atomic E-state index is 11.9. The van der Waals surface area contributed by atoms with Gasteiger partial charge in [0.05, 0.1) is 6.21 Å². The average Bonchev–Trinajstić information content (AvgIpc) is 2.41. The Labute approximate surface area is 125 Å². The molecule has 0 aliphatic carbocycles. The summed E-state index contributed by atoms with van der Waals surface area (Å²) in [5.74, 6) is -0.194. The van der Waals surface area contributed by atoms with Gasteiger partial charge < -0.3 is 0 Å². The summed E-state index contributed by atoms with van der Waals surface area (Å²) in [5.41, 5.74) is 5.10. The van der Waals surface area contributed by atoms with Gasteiger partial charge in [-0.05, 0) is 47.2 Å². The number of rotatable bonds is 3. The Balaban J connectivity index is 2.06. The molecule has 3 nitrogen and oxygen atoms in total. The van der Waals surface area contributed by atoms with E-state index in [4.69, 9.17) is 0 Å². The van der Waals surface area contributed by atoms with Crippen molar-refractivity contribution in [2.75, 3.05) is 0 Å². The first-order chi connectivity index (χ1) is 9.18. The molecule has 0 atom stereocenters. The largest absolute Gasteiger partial charge is 0.271 e. The van der Waals surface area contributed by atoms with Crippen molar-refractivity contribution >= 4 is 34.7 Å². The molecule has 2 aromatic rings. The lowest BCUT2D eigenvalue weighted by Crippen LogP contribution is -2.18. The topological polar surface area (TPSA) is 41.5 Å². The minimum atomic E-state index is -0.194. The van der Waals surface area contributed by atoms with Crippen LogP contribution in [0.4, 0.5) is 0 Å². The van der Waals surface area contributed by atoms with Crippen LogP contribution in [0.1, 0.15) is 21.5 Å². The van der Waals surface area contributed by atoms with Crippen LogP contribution >= 0.6 is 22.6 Å². The molecule has 0 aliphatic heterocycles. The summed E-state index contributed by atoms with van der Waals surface area (Å²) in [6.07, 6.45) is 1.65. The first-order valence-corrected chi connectivity index (χ1v) is 6.90. The molecule has 0 saturated heterocycles. The Hall–Kier alpha value is -1.69. The van der Waals surface area contributed by atoms with Gasteiger partial charge in [-0.25, -0.2) is 5.43 Å². The first-order valence-electron chi connectivity index (χ1n) is 5.82. The Morgan fingerprint density at radius 2 is 1.84 bits per heavy atom. The van der Waals surface area contributed by atoms with E-state index in [0.717, 1.165) is 14.7 Å². The number of carbonyl (C=O) groups is 1. The number of amides is 1. The van der Waals surface area contributed by atoms with E-state index in [1.165, 1.54) is 0 Å². The third-order valence-electron chi connectivity index (χ3n) is 2.66. The monoisotopic (exact) mass is 364 g/mol. The molecule has 0 unspecified atom stereocenters. The Bertz CT molecular complexity index is 623. The molecule has 1 amide bonds. The van der Waals surface area contributed by atoms with Gasteiger partial charge in [0.1, 0.15) is 0 Å². The van der Waals surface area contributed by atoms with Crippen LogP contribution in [0.5, 0.6) is 0 Å². The summed E-state index contributed by atoms with van der Waals surface area (Å²) in [7, 11) is 0. The van der Waals surface area contributed by atoms with Crippen molar-refractivity contribution in [3.8, 4) is 0 Å². The number of halogens is 1. The molecular weight excluding hydrogens is 351 g/mol. The van der Waals surface area contributed by atoms with Crippen LogP contribution in [0.2, 0.25) is 0 Å². The summed E-state index contributed by atoms with van der Waals surface area (Å²) < 4.78 is 1.09. The fourth-order valence-corrected chi connectivity index (χ4v) is 2.15.